The maximum absolute atomic E-state index is 10.9. The van der Waals surface area contributed by atoms with Crippen molar-refractivity contribution < 1.29 is 9.90 Å². The van der Waals surface area contributed by atoms with Crippen molar-refractivity contribution in [2.24, 2.45) is 0 Å². The van der Waals surface area contributed by atoms with Crippen LogP contribution in [0.3, 0.4) is 0 Å². The highest BCUT2D eigenvalue weighted by Crippen LogP contribution is 2.24. The van der Waals surface area contributed by atoms with Crippen molar-refractivity contribution in [2.75, 3.05) is 6.54 Å². The molecular weight excluding hydrogens is 242 g/mol. The number of carbonyl (C=O) groups is 1. The molecule has 1 aliphatic rings. The quantitative estimate of drug-likeness (QED) is 0.834. The molecule has 17 heavy (non-hydrogen) atoms. The Morgan fingerprint density at radius 2 is 2.18 bits per heavy atom. The lowest BCUT2D eigenvalue weighted by Crippen LogP contribution is -2.40. The van der Waals surface area contributed by atoms with Crippen LogP contribution in [0.5, 0.6) is 0 Å². The second-order valence-electron chi connectivity index (χ2n) is 3.94. The number of aromatic nitrogens is 2. The van der Waals surface area contributed by atoms with Gasteiger partial charge in [-0.3, -0.25) is 0 Å². The third-order valence-electron chi connectivity index (χ3n) is 2.74. The van der Waals surface area contributed by atoms with Crippen molar-refractivity contribution >= 4 is 23.3 Å². The molecule has 1 amide bonds. The molecule has 0 fully saturated rings. The molecule has 0 saturated heterocycles. The molecule has 0 aromatic carbocycles. The lowest BCUT2D eigenvalue weighted by atomic mass is 10.0. The van der Waals surface area contributed by atoms with Crippen molar-refractivity contribution in [3.8, 4) is 0 Å². The van der Waals surface area contributed by atoms with Gasteiger partial charge in [-0.1, -0.05) is 17.7 Å². The van der Waals surface area contributed by atoms with Gasteiger partial charge in [0.1, 0.15) is 0 Å². The zero-order valence-electron chi connectivity index (χ0n) is 9.30. The van der Waals surface area contributed by atoms with Gasteiger partial charge in [-0.2, -0.15) is 0 Å². The van der Waals surface area contributed by atoms with Crippen molar-refractivity contribution in [1.82, 2.24) is 14.9 Å². The number of nitrogens with zero attached hydrogens (tertiary/aromatic N) is 3. The van der Waals surface area contributed by atoms with E-state index in [1.807, 2.05) is 13.0 Å². The first-order valence-corrected chi connectivity index (χ1v) is 5.62. The first-order chi connectivity index (χ1) is 8.08. The summed E-state index contributed by atoms with van der Waals surface area (Å²) in [4.78, 5) is 20.5. The minimum atomic E-state index is -0.898. The van der Waals surface area contributed by atoms with Gasteiger partial charge in [0.05, 0.1) is 5.02 Å². The second-order valence-corrected chi connectivity index (χ2v) is 4.38. The molecule has 6 heteroatoms. The van der Waals surface area contributed by atoms with E-state index in [9.17, 15) is 4.79 Å². The van der Waals surface area contributed by atoms with Crippen LogP contribution in [0, 0.1) is 0 Å². The summed E-state index contributed by atoms with van der Waals surface area (Å²) in [6.07, 6.45) is 4.65. The first kappa shape index (κ1) is 11.9. The first-order valence-electron chi connectivity index (χ1n) is 5.24. The minimum Gasteiger partial charge on any atom is -0.465 e. The highest BCUT2D eigenvalue weighted by molar-refractivity contribution is 6.30. The molecule has 0 unspecified atom stereocenters. The largest absolute Gasteiger partial charge is 0.465 e. The van der Waals surface area contributed by atoms with Crippen molar-refractivity contribution in [3.05, 3.63) is 29.3 Å². The molecule has 0 radical (unpaired) electrons. The summed E-state index contributed by atoms with van der Waals surface area (Å²) in [5.41, 5.74) is 0.965. The van der Waals surface area contributed by atoms with Gasteiger partial charge in [-0.25, -0.2) is 14.8 Å². The summed E-state index contributed by atoms with van der Waals surface area (Å²) in [6.45, 7) is 2.24. The predicted molar refractivity (Wildman–Crippen MR) is 63.8 cm³/mol. The maximum Gasteiger partial charge on any atom is 0.407 e. The standard InChI is InChI=1S/C11H12ClN3O2/c1-7-4-8(2-3-15(7)11(16)17)10-13-5-9(12)6-14-10/h2,5-7H,3-4H2,1H3,(H,16,17)/t7-/m0/s1. The van der Waals surface area contributed by atoms with Crippen molar-refractivity contribution in [3.63, 3.8) is 0 Å². The molecule has 5 nitrogen and oxygen atoms in total. The van der Waals surface area contributed by atoms with E-state index in [4.69, 9.17) is 16.7 Å². The fourth-order valence-electron chi connectivity index (χ4n) is 1.83. The minimum absolute atomic E-state index is 0.0632. The van der Waals surface area contributed by atoms with Crippen LogP contribution in [0.4, 0.5) is 4.79 Å². The van der Waals surface area contributed by atoms with Crippen LogP contribution in [0.25, 0.3) is 5.57 Å². The molecule has 2 rings (SSSR count). The summed E-state index contributed by atoms with van der Waals surface area (Å²) >= 11 is 5.71. The summed E-state index contributed by atoms with van der Waals surface area (Å²) in [7, 11) is 0. The molecule has 1 N–H and O–H groups in total. The number of carboxylic acid groups (broad SMARTS) is 1. The summed E-state index contributed by atoms with van der Waals surface area (Å²) < 4.78 is 0. The molecule has 2 heterocycles. The molecule has 1 aliphatic heterocycles. The highest BCUT2D eigenvalue weighted by Gasteiger charge is 2.24. The number of halogens is 1. The van der Waals surface area contributed by atoms with E-state index in [0.717, 1.165) is 5.57 Å². The van der Waals surface area contributed by atoms with Gasteiger partial charge in [0.2, 0.25) is 0 Å². The topological polar surface area (TPSA) is 66.3 Å². The van der Waals surface area contributed by atoms with E-state index in [-0.39, 0.29) is 6.04 Å². The van der Waals surface area contributed by atoms with Crippen molar-refractivity contribution in [2.45, 2.75) is 19.4 Å². The Balaban J connectivity index is 2.19. The van der Waals surface area contributed by atoms with Crippen LogP contribution in [-0.2, 0) is 0 Å². The lowest BCUT2D eigenvalue weighted by molar-refractivity contribution is 0.133. The molecule has 0 spiro atoms. The Labute approximate surface area is 104 Å². The monoisotopic (exact) mass is 253 g/mol. The van der Waals surface area contributed by atoms with Crippen LogP contribution in [0.2, 0.25) is 5.02 Å². The van der Waals surface area contributed by atoms with Crippen molar-refractivity contribution in [1.29, 1.82) is 0 Å². The Hall–Kier alpha value is -1.62. The predicted octanol–water partition coefficient (Wildman–Crippen LogP) is 2.29. The highest BCUT2D eigenvalue weighted by atomic mass is 35.5. The van der Waals surface area contributed by atoms with Gasteiger partial charge in [-0.05, 0) is 18.9 Å². The Morgan fingerprint density at radius 3 is 2.71 bits per heavy atom. The average molecular weight is 254 g/mol. The summed E-state index contributed by atoms with van der Waals surface area (Å²) in [5.74, 6) is 0.617. The van der Waals surface area contributed by atoms with E-state index < -0.39 is 6.09 Å². The third-order valence-corrected chi connectivity index (χ3v) is 2.93. The number of hydrogen-bond donors (Lipinski definition) is 1. The van der Waals surface area contributed by atoms with Gasteiger partial charge in [0.25, 0.3) is 0 Å². The Kier molecular flexibility index (Phi) is 3.28. The SMILES string of the molecule is C[C@H]1CC(c2ncc(Cl)cn2)=CCN1C(=O)O. The molecule has 0 saturated carbocycles. The second kappa shape index (κ2) is 4.71. The fourth-order valence-corrected chi connectivity index (χ4v) is 1.93. The van der Waals surface area contributed by atoms with Gasteiger partial charge < -0.3 is 10.0 Å². The van der Waals surface area contributed by atoms with E-state index >= 15 is 0 Å². The van der Waals surface area contributed by atoms with Crippen LogP contribution in [0.1, 0.15) is 19.2 Å². The zero-order valence-corrected chi connectivity index (χ0v) is 10.1. The smallest absolute Gasteiger partial charge is 0.407 e. The molecule has 0 bridgehead atoms. The summed E-state index contributed by atoms with van der Waals surface area (Å²) in [5, 5.41) is 9.44. The number of rotatable bonds is 1. The average Bonchev–Trinajstić information content (AvgIpc) is 2.29. The molecular formula is C11H12ClN3O2. The molecule has 90 valence electrons. The van der Waals surface area contributed by atoms with Crippen LogP contribution in [-0.4, -0.2) is 38.7 Å². The van der Waals surface area contributed by atoms with Crippen LogP contribution < -0.4 is 0 Å². The molecule has 1 aromatic rings. The fraction of sp³-hybridized carbons (Fsp3) is 0.364. The Bertz CT molecular complexity index is 458. The Morgan fingerprint density at radius 1 is 1.53 bits per heavy atom. The van der Waals surface area contributed by atoms with E-state index in [2.05, 4.69) is 9.97 Å². The molecule has 1 atom stereocenters. The van der Waals surface area contributed by atoms with Crippen LogP contribution >= 0.6 is 11.6 Å². The maximum atomic E-state index is 10.9. The van der Waals surface area contributed by atoms with Crippen LogP contribution in [0.15, 0.2) is 18.5 Å². The molecule has 0 aliphatic carbocycles. The van der Waals surface area contributed by atoms with Gasteiger partial charge >= 0.3 is 6.09 Å². The van der Waals surface area contributed by atoms with E-state index in [1.165, 1.54) is 4.90 Å². The van der Waals surface area contributed by atoms with Gasteiger partial charge in [0, 0.05) is 25.0 Å². The normalized spacial score (nSPS) is 20.0. The third kappa shape index (κ3) is 2.55. The molecule has 1 aromatic heterocycles. The number of amides is 1. The van der Waals surface area contributed by atoms with E-state index in [1.54, 1.807) is 12.4 Å². The summed E-state index contributed by atoms with van der Waals surface area (Å²) in [6, 6.07) is -0.0632. The lowest BCUT2D eigenvalue weighted by Gasteiger charge is -2.30. The zero-order chi connectivity index (χ0) is 12.4. The van der Waals surface area contributed by atoms with Gasteiger partial charge in [0.15, 0.2) is 5.82 Å². The van der Waals surface area contributed by atoms with E-state index in [0.29, 0.717) is 23.8 Å². The van der Waals surface area contributed by atoms with Gasteiger partial charge in [-0.15, -0.1) is 0 Å². The number of hydrogen-bond acceptors (Lipinski definition) is 3.